The average molecular weight is 254 g/mol. The molecular weight excluding hydrogens is 242 g/mol. The highest BCUT2D eigenvalue weighted by molar-refractivity contribution is 6.44. The standard InChI is InChI=1S/C10H11Cl3O/c1-5-4-8(11)6(2)3-7(5)9(14)10(12)13/h3-4,9-10,14H,1-2H3. The summed E-state index contributed by atoms with van der Waals surface area (Å²) >= 11 is 17.1. The molecule has 1 atom stereocenters. The zero-order valence-electron chi connectivity index (χ0n) is 7.89. The molecule has 4 heteroatoms. The molecule has 0 aliphatic carbocycles. The second kappa shape index (κ2) is 4.71. The lowest BCUT2D eigenvalue weighted by Gasteiger charge is -2.15. The summed E-state index contributed by atoms with van der Waals surface area (Å²) in [5.41, 5.74) is 2.52. The van der Waals surface area contributed by atoms with Gasteiger partial charge in [-0.25, -0.2) is 0 Å². The van der Waals surface area contributed by atoms with E-state index in [0.717, 1.165) is 16.7 Å². The maximum absolute atomic E-state index is 9.69. The first-order chi connectivity index (χ1) is 6.43. The van der Waals surface area contributed by atoms with Crippen LogP contribution in [0, 0.1) is 13.8 Å². The molecule has 1 N–H and O–H groups in total. The maximum atomic E-state index is 9.69. The Morgan fingerprint density at radius 2 is 1.71 bits per heavy atom. The minimum absolute atomic E-state index is 0.680. The minimum atomic E-state index is -0.866. The Bertz CT molecular complexity index is 336. The van der Waals surface area contributed by atoms with E-state index in [4.69, 9.17) is 34.8 Å². The molecule has 0 saturated carbocycles. The predicted molar refractivity (Wildman–Crippen MR) is 61.4 cm³/mol. The fourth-order valence-corrected chi connectivity index (χ4v) is 1.75. The summed E-state index contributed by atoms with van der Waals surface area (Å²) in [5.74, 6) is 0. The summed E-state index contributed by atoms with van der Waals surface area (Å²) in [5, 5.41) is 10.4. The van der Waals surface area contributed by atoms with Crippen LogP contribution >= 0.6 is 34.8 Å². The summed E-state index contributed by atoms with van der Waals surface area (Å²) in [6.45, 7) is 3.73. The number of aryl methyl sites for hydroxylation is 2. The molecular formula is C10H11Cl3O. The molecule has 1 rings (SSSR count). The van der Waals surface area contributed by atoms with Gasteiger partial charge in [-0.1, -0.05) is 17.7 Å². The molecule has 0 fully saturated rings. The number of hydrogen-bond donors (Lipinski definition) is 1. The number of halogens is 3. The third kappa shape index (κ3) is 2.54. The van der Waals surface area contributed by atoms with E-state index >= 15 is 0 Å². The van der Waals surface area contributed by atoms with Crippen LogP contribution in [-0.2, 0) is 0 Å². The first-order valence-corrected chi connectivity index (χ1v) is 5.41. The lowest BCUT2D eigenvalue weighted by Crippen LogP contribution is -2.08. The molecule has 0 saturated heterocycles. The van der Waals surface area contributed by atoms with E-state index < -0.39 is 10.9 Å². The van der Waals surface area contributed by atoms with E-state index in [1.165, 1.54) is 0 Å². The molecule has 0 aromatic heterocycles. The zero-order valence-corrected chi connectivity index (χ0v) is 10.2. The smallest absolute Gasteiger partial charge is 0.137 e. The average Bonchev–Trinajstić information content (AvgIpc) is 2.10. The Morgan fingerprint density at radius 1 is 1.14 bits per heavy atom. The summed E-state index contributed by atoms with van der Waals surface area (Å²) in [7, 11) is 0. The van der Waals surface area contributed by atoms with E-state index in [9.17, 15) is 5.11 Å². The van der Waals surface area contributed by atoms with E-state index in [-0.39, 0.29) is 0 Å². The van der Waals surface area contributed by atoms with Crippen LogP contribution in [0.25, 0.3) is 0 Å². The molecule has 0 bridgehead atoms. The Morgan fingerprint density at radius 3 is 2.21 bits per heavy atom. The molecule has 0 radical (unpaired) electrons. The van der Waals surface area contributed by atoms with Crippen molar-refractivity contribution in [1.29, 1.82) is 0 Å². The summed E-state index contributed by atoms with van der Waals surface area (Å²) < 4.78 is 0. The molecule has 14 heavy (non-hydrogen) atoms. The zero-order chi connectivity index (χ0) is 10.9. The van der Waals surface area contributed by atoms with Crippen LogP contribution in [0.1, 0.15) is 22.8 Å². The van der Waals surface area contributed by atoms with Crippen LogP contribution in [-0.4, -0.2) is 9.94 Å². The number of benzene rings is 1. The number of hydrogen-bond acceptors (Lipinski definition) is 1. The van der Waals surface area contributed by atoms with Crippen molar-refractivity contribution < 1.29 is 5.11 Å². The van der Waals surface area contributed by atoms with Gasteiger partial charge in [0.05, 0.1) is 0 Å². The van der Waals surface area contributed by atoms with E-state index in [2.05, 4.69) is 0 Å². The summed E-state index contributed by atoms with van der Waals surface area (Å²) in [6.07, 6.45) is -0.866. The summed E-state index contributed by atoms with van der Waals surface area (Å²) in [6, 6.07) is 3.60. The van der Waals surface area contributed by atoms with Gasteiger partial charge in [-0.2, -0.15) is 0 Å². The van der Waals surface area contributed by atoms with E-state index in [1.807, 2.05) is 13.8 Å². The van der Waals surface area contributed by atoms with Crippen LogP contribution in [0.2, 0.25) is 5.02 Å². The van der Waals surface area contributed by atoms with Gasteiger partial charge < -0.3 is 5.11 Å². The molecule has 78 valence electrons. The maximum Gasteiger partial charge on any atom is 0.137 e. The van der Waals surface area contributed by atoms with Gasteiger partial charge >= 0.3 is 0 Å². The van der Waals surface area contributed by atoms with Crippen molar-refractivity contribution >= 4 is 34.8 Å². The van der Waals surface area contributed by atoms with Crippen molar-refractivity contribution in [3.05, 3.63) is 33.8 Å². The van der Waals surface area contributed by atoms with E-state index in [1.54, 1.807) is 12.1 Å². The molecule has 0 aliphatic rings. The topological polar surface area (TPSA) is 20.2 Å². The van der Waals surface area contributed by atoms with Gasteiger partial charge in [0, 0.05) is 5.02 Å². The van der Waals surface area contributed by atoms with Crippen LogP contribution in [0.4, 0.5) is 0 Å². The highest BCUT2D eigenvalue weighted by Gasteiger charge is 2.18. The van der Waals surface area contributed by atoms with Crippen LogP contribution in [0.5, 0.6) is 0 Å². The van der Waals surface area contributed by atoms with Crippen LogP contribution in [0.15, 0.2) is 12.1 Å². The van der Waals surface area contributed by atoms with Crippen LogP contribution < -0.4 is 0 Å². The van der Waals surface area contributed by atoms with Gasteiger partial charge in [0.2, 0.25) is 0 Å². The van der Waals surface area contributed by atoms with Gasteiger partial charge in [0.25, 0.3) is 0 Å². The fraction of sp³-hybridized carbons (Fsp3) is 0.400. The quantitative estimate of drug-likeness (QED) is 0.795. The number of aliphatic hydroxyl groups excluding tert-OH is 1. The molecule has 1 unspecified atom stereocenters. The number of aliphatic hydroxyl groups is 1. The Kier molecular flexibility index (Phi) is 4.08. The van der Waals surface area contributed by atoms with Crippen molar-refractivity contribution in [1.82, 2.24) is 0 Å². The number of rotatable bonds is 2. The lowest BCUT2D eigenvalue weighted by molar-refractivity contribution is 0.192. The molecule has 0 heterocycles. The van der Waals surface area contributed by atoms with Crippen molar-refractivity contribution in [2.45, 2.75) is 24.8 Å². The second-order valence-corrected chi connectivity index (χ2v) is 4.81. The molecule has 0 amide bonds. The van der Waals surface area contributed by atoms with Crippen LogP contribution in [0.3, 0.4) is 0 Å². The van der Waals surface area contributed by atoms with Crippen molar-refractivity contribution in [2.75, 3.05) is 0 Å². The second-order valence-electron chi connectivity index (χ2n) is 3.24. The molecule has 1 nitrogen and oxygen atoms in total. The Labute approximate surface area is 98.6 Å². The number of alkyl halides is 2. The largest absolute Gasteiger partial charge is 0.386 e. The lowest BCUT2D eigenvalue weighted by atomic mass is 10.0. The third-order valence-corrected chi connectivity index (χ3v) is 2.99. The highest BCUT2D eigenvalue weighted by atomic mass is 35.5. The van der Waals surface area contributed by atoms with Gasteiger partial charge in [-0.05, 0) is 36.6 Å². The molecule has 0 aliphatic heterocycles. The Balaban J connectivity index is 3.15. The predicted octanol–water partition coefficient (Wildman–Crippen LogP) is 3.79. The van der Waals surface area contributed by atoms with E-state index in [0.29, 0.717) is 5.02 Å². The fourth-order valence-electron chi connectivity index (χ4n) is 1.26. The molecule has 1 aromatic rings. The van der Waals surface area contributed by atoms with Gasteiger partial charge in [-0.3, -0.25) is 0 Å². The van der Waals surface area contributed by atoms with Crippen molar-refractivity contribution in [3.8, 4) is 0 Å². The minimum Gasteiger partial charge on any atom is -0.386 e. The van der Waals surface area contributed by atoms with Crippen molar-refractivity contribution in [3.63, 3.8) is 0 Å². The van der Waals surface area contributed by atoms with Crippen molar-refractivity contribution in [2.24, 2.45) is 0 Å². The monoisotopic (exact) mass is 252 g/mol. The van der Waals surface area contributed by atoms with Gasteiger partial charge in [0.15, 0.2) is 0 Å². The molecule has 1 aromatic carbocycles. The highest BCUT2D eigenvalue weighted by Crippen LogP contribution is 2.29. The SMILES string of the molecule is Cc1cc(C(O)C(Cl)Cl)c(C)cc1Cl. The first-order valence-electron chi connectivity index (χ1n) is 4.16. The first kappa shape index (κ1) is 12.1. The van der Waals surface area contributed by atoms with Gasteiger partial charge in [0.1, 0.15) is 10.9 Å². The summed E-state index contributed by atoms with van der Waals surface area (Å²) in [4.78, 5) is -0.825. The van der Waals surface area contributed by atoms with Gasteiger partial charge in [-0.15, -0.1) is 23.2 Å². The third-order valence-electron chi connectivity index (χ3n) is 2.10. The normalized spacial score (nSPS) is 13.4. The Hall–Kier alpha value is 0.0500. The molecule has 0 spiro atoms.